The maximum atomic E-state index is 12.4. The standard InChI is InChI=1S/C18H26N2O2/c1-11-6-5-7-12(2)16(11)22-10-18(3,4)20-17(21)15-13-8-19-9-14(13)15/h5-7,13-15,19H,8-10H2,1-4H3,(H,20,21)/t13-,14+,15+. The number of carbonyl (C=O) groups excluding carboxylic acids is 1. The van der Waals surface area contributed by atoms with Crippen LogP contribution in [0.1, 0.15) is 25.0 Å². The molecule has 0 spiro atoms. The van der Waals surface area contributed by atoms with Gasteiger partial charge in [0.2, 0.25) is 5.91 Å². The zero-order valence-electron chi connectivity index (χ0n) is 13.9. The van der Waals surface area contributed by atoms with E-state index < -0.39 is 0 Å². The minimum Gasteiger partial charge on any atom is -0.491 e. The lowest BCUT2D eigenvalue weighted by Crippen LogP contribution is -2.49. The Bertz CT molecular complexity index is 552. The average Bonchev–Trinajstić information content (AvgIpc) is 2.92. The van der Waals surface area contributed by atoms with Crippen LogP contribution in [0.5, 0.6) is 5.75 Å². The van der Waals surface area contributed by atoms with E-state index in [2.05, 4.69) is 10.6 Å². The molecule has 0 unspecified atom stereocenters. The van der Waals surface area contributed by atoms with Crippen LogP contribution in [0.2, 0.25) is 0 Å². The van der Waals surface area contributed by atoms with E-state index in [0.717, 1.165) is 30.0 Å². The summed E-state index contributed by atoms with van der Waals surface area (Å²) in [7, 11) is 0. The van der Waals surface area contributed by atoms with Crippen LogP contribution in [-0.4, -0.2) is 31.1 Å². The van der Waals surface area contributed by atoms with Crippen molar-refractivity contribution in [3.8, 4) is 5.75 Å². The quantitative estimate of drug-likeness (QED) is 0.875. The Morgan fingerprint density at radius 1 is 1.27 bits per heavy atom. The zero-order chi connectivity index (χ0) is 15.9. The molecule has 4 heteroatoms. The molecule has 1 aliphatic carbocycles. The van der Waals surface area contributed by atoms with Crippen LogP contribution in [0, 0.1) is 31.6 Å². The van der Waals surface area contributed by atoms with Crippen LogP contribution in [0.3, 0.4) is 0 Å². The molecule has 1 aliphatic heterocycles. The molecule has 2 aliphatic rings. The lowest BCUT2D eigenvalue weighted by Gasteiger charge is -2.27. The summed E-state index contributed by atoms with van der Waals surface area (Å²) in [6.45, 7) is 10.6. The first-order valence-corrected chi connectivity index (χ1v) is 8.11. The molecule has 22 heavy (non-hydrogen) atoms. The van der Waals surface area contributed by atoms with Crippen molar-refractivity contribution in [2.45, 2.75) is 33.2 Å². The summed E-state index contributed by atoms with van der Waals surface area (Å²) >= 11 is 0. The highest BCUT2D eigenvalue weighted by atomic mass is 16.5. The first-order valence-electron chi connectivity index (χ1n) is 8.11. The number of amides is 1. The van der Waals surface area contributed by atoms with Gasteiger partial charge in [0.25, 0.3) is 0 Å². The van der Waals surface area contributed by atoms with Crippen LogP contribution >= 0.6 is 0 Å². The highest BCUT2D eigenvalue weighted by Gasteiger charge is 2.57. The topological polar surface area (TPSA) is 50.4 Å². The van der Waals surface area contributed by atoms with Gasteiger partial charge >= 0.3 is 0 Å². The van der Waals surface area contributed by atoms with Crippen LogP contribution in [-0.2, 0) is 4.79 Å². The summed E-state index contributed by atoms with van der Waals surface area (Å²) in [4.78, 5) is 12.4. The summed E-state index contributed by atoms with van der Waals surface area (Å²) in [5.74, 6) is 2.43. The summed E-state index contributed by atoms with van der Waals surface area (Å²) in [6, 6.07) is 6.13. The maximum absolute atomic E-state index is 12.4. The van der Waals surface area contributed by atoms with Crippen molar-refractivity contribution >= 4 is 5.91 Å². The van der Waals surface area contributed by atoms with Gasteiger partial charge in [0.15, 0.2) is 0 Å². The van der Waals surface area contributed by atoms with Crippen molar-refractivity contribution in [3.63, 3.8) is 0 Å². The number of benzene rings is 1. The molecule has 3 atom stereocenters. The Balaban J connectivity index is 1.56. The predicted octanol–water partition coefficient (Wildman–Crippen LogP) is 2.04. The molecular formula is C18H26N2O2. The third-order valence-corrected chi connectivity index (χ3v) is 4.84. The summed E-state index contributed by atoms with van der Waals surface area (Å²) in [5.41, 5.74) is 1.89. The molecule has 3 rings (SSSR count). The van der Waals surface area contributed by atoms with E-state index in [1.54, 1.807) is 0 Å². The monoisotopic (exact) mass is 302 g/mol. The number of rotatable bonds is 5. The lowest BCUT2D eigenvalue weighted by atomic mass is 10.1. The van der Waals surface area contributed by atoms with Crippen molar-refractivity contribution in [1.29, 1.82) is 0 Å². The fourth-order valence-corrected chi connectivity index (χ4v) is 3.54. The van der Waals surface area contributed by atoms with Gasteiger partial charge in [0, 0.05) is 5.92 Å². The molecule has 2 N–H and O–H groups in total. The SMILES string of the molecule is Cc1cccc(C)c1OCC(C)(C)NC(=O)[C@H]1[C@@H]2CNC[C@@H]21. The molecule has 1 heterocycles. The van der Waals surface area contributed by atoms with Gasteiger partial charge in [-0.3, -0.25) is 4.79 Å². The third-order valence-electron chi connectivity index (χ3n) is 4.84. The van der Waals surface area contributed by atoms with Gasteiger partial charge in [-0.25, -0.2) is 0 Å². The van der Waals surface area contributed by atoms with Crippen molar-refractivity contribution in [2.75, 3.05) is 19.7 Å². The van der Waals surface area contributed by atoms with E-state index in [1.807, 2.05) is 45.9 Å². The first-order chi connectivity index (χ1) is 10.4. The van der Waals surface area contributed by atoms with Crippen molar-refractivity contribution in [2.24, 2.45) is 17.8 Å². The minimum atomic E-state index is -0.365. The highest BCUT2D eigenvalue weighted by molar-refractivity contribution is 5.83. The fourth-order valence-electron chi connectivity index (χ4n) is 3.54. The number of fused-ring (bicyclic) bond motifs is 1. The van der Waals surface area contributed by atoms with Gasteiger partial charge in [0.05, 0.1) is 5.54 Å². The largest absolute Gasteiger partial charge is 0.491 e. The van der Waals surface area contributed by atoms with Gasteiger partial charge in [-0.2, -0.15) is 0 Å². The van der Waals surface area contributed by atoms with E-state index in [0.29, 0.717) is 18.4 Å². The molecule has 4 nitrogen and oxygen atoms in total. The maximum Gasteiger partial charge on any atom is 0.224 e. The predicted molar refractivity (Wildman–Crippen MR) is 87.0 cm³/mol. The first kappa shape index (κ1) is 15.3. The number of ether oxygens (including phenoxy) is 1. The van der Waals surface area contributed by atoms with E-state index in [1.165, 1.54) is 0 Å². The van der Waals surface area contributed by atoms with E-state index >= 15 is 0 Å². The number of nitrogens with one attached hydrogen (secondary N) is 2. The molecule has 1 amide bonds. The number of hydrogen-bond acceptors (Lipinski definition) is 3. The third kappa shape index (κ3) is 2.98. The number of aryl methyl sites for hydroxylation is 2. The van der Waals surface area contributed by atoms with E-state index in [-0.39, 0.29) is 17.4 Å². The van der Waals surface area contributed by atoms with Gasteiger partial charge < -0.3 is 15.4 Å². The second-order valence-electron chi connectivity index (χ2n) is 7.39. The van der Waals surface area contributed by atoms with E-state index in [9.17, 15) is 4.79 Å². The molecule has 1 saturated heterocycles. The summed E-state index contributed by atoms with van der Waals surface area (Å²) in [6.07, 6.45) is 0. The minimum absolute atomic E-state index is 0.187. The Morgan fingerprint density at radius 2 is 1.86 bits per heavy atom. The number of hydrogen-bond donors (Lipinski definition) is 2. The van der Waals surface area contributed by atoms with Gasteiger partial charge in [-0.1, -0.05) is 18.2 Å². The Morgan fingerprint density at radius 3 is 2.45 bits per heavy atom. The molecule has 2 fully saturated rings. The Kier molecular flexibility index (Phi) is 3.89. The number of piperidine rings is 1. The summed E-state index contributed by atoms with van der Waals surface area (Å²) in [5, 5.41) is 6.49. The number of carbonyl (C=O) groups is 1. The second kappa shape index (κ2) is 5.58. The Hall–Kier alpha value is -1.55. The van der Waals surface area contributed by atoms with Gasteiger partial charge in [-0.15, -0.1) is 0 Å². The number of para-hydroxylation sites is 1. The normalized spacial score (nSPS) is 26.5. The van der Waals surface area contributed by atoms with Crippen molar-refractivity contribution in [1.82, 2.24) is 10.6 Å². The van der Waals surface area contributed by atoms with E-state index in [4.69, 9.17) is 4.74 Å². The Labute approximate surface area is 132 Å². The summed E-state index contributed by atoms with van der Waals surface area (Å²) < 4.78 is 6.00. The smallest absolute Gasteiger partial charge is 0.224 e. The molecule has 120 valence electrons. The molecule has 1 aromatic carbocycles. The lowest BCUT2D eigenvalue weighted by molar-refractivity contribution is -0.125. The molecule has 0 radical (unpaired) electrons. The van der Waals surface area contributed by atoms with Crippen LogP contribution in [0.25, 0.3) is 0 Å². The van der Waals surface area contributed by atoms with Gasteiger partial charge in [0.1, 0.15) is 12.4 Å². The molecule has 0 bridgehead atoms. The molecular weight excluding hydrogens is 276 g/mol. The molecule has 1 saturated carbocycles. The zero-order valence-corrected chi connectivity index (χ0v) is 13.9. The second-order valence-corrected chi connectivity index (χ2v) is 7.39. The molecule has 0 aromatic heterocycles. The fraction of sp³-hybridized carbons (Fsp3) is 0.611. The van der Waals surface area contributed by atoms with Gasteiger partial charge in [-0.05, 0) is 63.7 Å². The van der Waals surface area contributed by atoms with Crippen LogP contribution in [0.15, 0.2) is 18.2 Å². The average molecular weight is 302 g/mol. The van der Waals surface area contributed by atoms with Crippen molar-refractivity contribution < 1.29 is 9.53 Å². The van der Waals surface area contributed by atoms with Crippen LogP contribution in [0.4, 0.5) is 0 Å². The van der Waals surface area contributed by atoms with Crippen molar-refractivity contribution in [3.05, 3.63) is 29.3 Å². The molecule has 1 aromatic rings. The highest BCUT2D eigenvalue weighted by Crippen LogP contribution is 2.48. The van der Waals surface area contributed by atoms with Crippen LogP contribution < -0.4 is 15.4 Å².